The normalized spacial score (nSPS) is 24.3. The zero-order valence-corrected chi connectivity index (χ0v) is 30.5. The molecule has 276 valence electrons. The third-order valence-corrected chi connectivity index (χ3v) is 11.1. The summed E-state index contributed by atoms with van der Waals surface area (Å²) in [7, 11) is 1.67. The maximum atomic E-state index is 14.8. The van der Waals surface area contributed by atoms with E-state index in [0.717, 1.165) is 70.6 Å². The lowest BCUT2D eigenvalue weighted by Gasteiger charge is -2.40. The molecule has 0 bridgehead atoms. The molecule has 4 N–H and O–H groups in total. The minimum atomic E-state index is -0.983. The highest BCUT2D eigenvalue weighted by atomic mass is 16.2. The van der Waals surface area contributed by atoms with Gasteiger partial charge in [0.1, 0.15) is 23.8 Å². The van der Waals surface area contributed by atoms with Gasteiger partial charge < -0.3 is 26.2 Å². The van der Waals surface area contributed by atoms with Gasteiger partial charge >= 0.3 is 0 Å². The highest BCUT2D eigenvalue weighted by Gasteiger charge is 2.51. The van der Waals surface area contributed by atoms with Crippen molar-refractivity contribution in [1.29, 1.82) is 0 Å². The second-order valence-corrected chi connectivity index (χ2v) is 16.1. The molecular weight excluding hydrogens is 638 g/mol. The van der Waals surface area contributed by atoms with Crippen molar-refractivity contribution in [2.75, 3.05) is 0 Å². The molecule has 0 spiro atoms. The number of amides is 5. The zero-order valence-electron chi connectivity index (χ0n) is 30.5. The number of carbonyl (C=O) groups is 6. The maximum Gasteiger partial charge on any atom is 0.289 e. The van der Waals surface area contributed by atoms with Crippen molar-refractivity contribution in [2.45, 2.75) is 154 Å². The number of fused-ring (bicyclic) bond motifs is 1. The highest BCUT2D eigenvalue weighted by Crippen LogP contribution is 2.41. The largest absolute Gasteiger partial charge is 0.347 e. The van der Waals surface area contributed by atoms with Gasteiger partial charge in [-0.2, -0.15) is 5.10 Å². The van der Waals surface area contributed by atoms with Crippen LogP contribution in [0.25, 0.3) is 0 Å². The second kappa shape index (κ2) is 16.1. The van der Waals surface area contributed by atoms with E-state index in [2.05, 4.69) is 26.4 Å². The molecule has 2 unspecified atom stereocenters. The van der Waals surface area contributed by atoms with E-state index in [1.807, 2.05) is 27.7 Å². The first-order valence-electron chi connectivity index (χ1n) is 18.9. The van der Waals surface area contributed by atoms with Crippen molar-refractivity contribution < 1.29 is 28.8 Å². The Kier molecular flexibility index (Phi) is 12.0. The maximum absolute atomic E-state index is 14.8. The summed E-state index contributed by atoms with van der Waals surface area (Å²) in [5.41, 5.74) is -0.396. The Morgan fingerprint density at radius 3 is 2.20 bits per heavy atom. The number of likely N-dealkylation sites (tertiary alicyclic amines) is 1. The third-order valence-electron chi connectivity index (χ3n) is 11.1. The van der Waals surface area contributed by atoms with E-state index in [0.29, 0.717) is 25.0 Å². The van der Waals surface area contributed by atoms with Gasteiger partial charge in [0, 0.05) is 25.3 Å². The van der Waals surface area contributed by atoms with Crippen LogP contribution in [-0.2, 0) is 31.0 Å². The van der Waals surface area contributed by atoms with Gasteiger partial charge in [-0.1, -0.05) is 66.2 Å². The van der Waals surface area contributed by atoms with Crippen LogP contribution < -0.4 is 21.3 Å². The molecule has 1 aliphatic heterocycles. The average Bonchev–Trinajstić information content (AvgIpc) is 3.65. The first kappa shape index (κ1) is 37.5. The summed E-state index contributed by atoms with van der Waals surface area (Å²) in [6.07, 6.45) is 12.7. The summed E-state index contributed by atoms with van der Waals surface area (Å²) >= 11 is 0. The van der Waals surface area contributed by atoms with Crippen molar-refractivity contribution in [3.05, 3.63) is 18.0 Å². The molecule has 0 radical (unpaired) electrons. The SMILES string of the molecule is CCC[C@H](NC(=O)[C@@H]1CC2CCCCC2N1C(=O)[C@@H](NC(=O)[C@@H](NC(=O)c1ccnn1C)C1CCCCC1)C(C)(C)C)C(=O)C(=O)NC1CC1. The minimum Gasteiger partial charge on any atom is -0.347 e. The Morgan fingerprint density at radius 1 is 0.900 bits per heavy atom. The molecule has 4 aliphatic rings. The van der Waals surface area contributed by atoms with Crippen LogP contribution in [0.5, 0.6) is 0 Å². The molecule has 5 amide bonds. The number of nitrogens with zero attached hydrogens (tertiary/aromatic N) is 3. The number of hydrogen-bond acceptors (Lipinski definition) is 7. The minimum absolute atomic E-state index is 0.0150. The molecule has 5 rings (SSSR count). The molecule has 13 nitrogen and oxygen atoms in total. The van der Waals surface area contributed by atoms with Gasteiger partial charge in [0.05, 0.1) is 6.04 Å². The van der Waals surface area contributed by atoms with Crippen LogP contribution in [0.2, 0.25) is 0 Å². The number of ketones is 1. The molecule has 1 saturated heterocycles. The Bertz CT molecular complexity index is 1430. The van der Waals surface area contributed by atoms with Crippen molar-refractivity contribution in [1.82, 2.24) is 35.9 Å². The summed E-state index contributed by atoms with van der Waals surface area (Å²) in [5, 5.41) is 15.7. The highest BCUT2D eigenvalue weighted by molar-refractivity contribution is 6.38. The van der Waals surface area contributed by atoms with Crippen LogP contribution in [-0.4, -0.2) is 86.3 Å². The van der Waals surface area contributed by atoms with Crippen LogP contribution in [0, 0.1) is 17.3 Å². The molecule has 4 fully saturated rings. The Morgan fingerprint density at radius 2 is 1.58 bits per heavy atom. The number of rotatable bonds is 13. The van der Waals surface area contributed by atoms with Gasteiger partial charge in [-0.25, -0.2) is 0 Å². The van der Waals surface area contributed by atoms with Gasteiger partial charge in [0.15, 0.2) is 0 Å². The Labute approximate surface area is 295 Å². The molecular formula is C37H57N7O6. The fraction of sp³-hybridized carbons (Fsp3) is 0.757. The van der Waals surface area contributed by atoms with Crippen LogP contribution >= 0.6 is 0 Å². The first-order valence-corrected chi connectivity index (χ1v) is 18.9. The summed E-state index contributed by atoms with van der Waals surface area (Å²) in [5.74, 6) is -2.93. The lowest BCUT2D eigenvalue weighted by Crippen LogP contribution is -2.63. The quantitative estimate of drug-likeness (QED) is 0.230. The summed E-state index contributed by atoms with van der Waals surface area (Å²) < 4.78 is 1.46. The van der Waals surface area contributed by atoms with Gasteiger partial charge in [-0.15, -0.1) is 0 Å². The summed E-state index contributed by atoms with van der Waals surface area (Å²) in [6.45, 7) is 7.55. The smallest absolute Gasteiger partial charge is 0.289 e. The molecule has 3 saturated carbocycles. The molecule has 6 atom stereocenters. The second-order valence-electron chi connectivity index (χ2n) is 16.1. The van der Waals surface area contributed by atoms with E-state index in [4.69, 9.17) is 0 Å². The first-order chi connectivity index (χ1) is 23.8. The van der Waals surface area contributed by atoms with E-state index >= 15 is 0 Å². The van der Waals surface area contributed by atoms with E-state index in [1.54, 1.807) is 18.0 Å². The number of hydrogen-bond donors (Lipinski definition) is 4. The van der Waals surface area contributed by atoms with Gasteiger partial charge in [-0.05, 0) is 74.7 Å². The van der Waals surface area contributed by atoms with E-state index in [9.17, 15) is 28.8 Å². The molecule has 2 heterocycles. The topological polar surface area (TPSA) is 172 Å². The van der Waals surface area contributed by atoms with Crippen LogP contribution in [0.3, 0.4) is 0 Å². The predicted molar refractivity (Wildman–Crippen MR) is 186 cm³/mol. The molecule has 1 aromatic rings. The zero-order chi connectivity index (χ0) is 36.2. The van der Waals surface area contributed by atoms with Crippen molar-refractivity contribution in [2.24, 2.45) is 24.3 Å². The standard InChI is InChI=1S/C37H57N7O6/c1-6-12-25(30(45)35(49)39-24-17-18-24)40-33(47)28-21-23-15-10-11-16-26(23)44(28)36(50)31(37(2,3)4)42-34(48)29(22-13-8-7-9-14-22)41-32(46)27-19-20-38-43(27)5/h19-20,22-26,28-29,31H,6-18,21H2,1-5H3,(H,39,49)(H,40,47)(H,41,46)(H,42,48)/t23?,25-,26?,28-,29-,31+/m0/s1. The number of aryl methyl sites for hydroxylation is 1. The fourth-order valence-electron chi connectivity index (χ4n) is 8.19. The summed E-state index contributed by atoms with van der Waals surface area (Å²) in [4.78, 5) is 84.0. The van der Waals surface area contributed by atoms with Crippen LogP contribution in [0.4, 0.5) is 0 Å². The molecule has 0 aromatic carbocycles. The molecule has 3 aliphatic carbocycles. The predicted octanol–water partition coefficient (Wildman–Crippen LogP) is 2.92. The van der Waals surface area contributed by atoms with Crippen molar-refractivity contribution in [3.63, 3.8) is 0 Å². The molecule has 13 heteroatoms. The third kappa shape index (κ3) is 8.74. The number of nitrogens with one attached hydrogen (secondary N) is 4. The van der Waals surface area contributed by atoms with Crippen LogP contribution in [0.15, 0.2) is 12.3 Å². The number of aromatic nitrogens is 2. The van der Waals surface area contributed by atoms with Crippen molar-refractivity contribution in [3.8, 4) is 0 Å². The van der Waals surface area contributed by atoms with E-state index in [1.165, 1.54) is 10.9 Å². The number of Topliss-reactive ketones (excluding diaryl/α,β-unsaturated/α-hetero) is 1. The number of carbonyl (C=O) groups excluding carboxylic acids is 6. The van der Waals surface area contributed by atoms with E-state index < -0.39 is 59.0 Å². The summed E-state index contributed by atoms with van der Waals surface area (Å²) in [6, 6.07) is -2.21. The molecule has 50 heavy (non-hydrogen) atoms. The fourth-order valence-corrected chi connectivity index (χ4v) is 8.19. The monoisotopic (exact) mass is 695 g/mol. The lowest BCUT2D eigenvalue weighted by atomic mass is 9.81. The Balaban J connectivity index is 1.38. The van der Waals surface area contributed by atoms with Gasteiger partial charge in [0.25, 0.3) is 11.8 Å². The molecule has 1 aromatic heterocycles. The van der Waals surface area contributed by atoms with Gasteiger partial charge in [-0.3, -0.25) is 33.4 Å². The van der Waals surface area contributed by atoms with Gasteiger partial charge in [0.2, 0.25) is 23.5 Å². The van der Waals surface area contributed by atoms with Crippen molar-refractivity contribution >= 4 is 35.3 Å². The Hall–Kier alpha value is -3.77. The van der Waals surface area contributed by atoms with E-state index in [-0.39, 0.29) is 29.8 Å². The average molecular weight is 696 g/mol. The lowest BCUT2D eigenvalue weighted by molar-refractivity contribution is -0.147. The van der Waals surface area contributed by atoms with Crippen LogP contribution in [0.1, 0.15) is 128 Å².